The first kappa shape index (κ1) is 20.8. The first-order chi connectivity index (χ1) is 13.0. The van der Waals surface area contributed by atoms with Gasteiger partial charge in [0.25, 0.3) is 0 Å². The molecule has 0 saturated carbocycles. The van der Waals surface area contributed by atoms with Crippen LogP contribution in [0.15, 0.2) is 0 Å². The summed E-state index contributed by atoms with van der Waals surface area (Å²) in [6, 6.07) is 0. The highest BCUT2D eigenvalue weighted by Crippen LogP contribution is 2.17. The summed E-state index contributed by atoms with van der Waals surface area (Å²) >= 11 is 0. The monoisotopic (exact) mass is 379 g/mol. The number of anilines is 2. The van der Waals surface area contributed by atoms with Crippen molar-refractivity contribution in [3.8, 4) is 0 Å². The maximum absolute atomic E-state index is 12.5. The zero-order valence-electron chi connectivity index (χ0n) is 16.0. The molecule has 0 aliphatic carbocycles. The van der Waals surface area contributed by atoms with E-state index in [0.29, 0.717) is 29.7 Å². The van der Waals surface area contributed by atoms with Crippen LogP contribution in [0.25, 0.3) is 0 Å². The Morgan fingerprint density at radius 3 is 2.70 bits per heavy atom. The van der Waals surface area contributed by atoms with E-state index in [1.54, 1.807) is 6.92 Å². The highest BCUT2D eigenvalue weighted by molar-refractivity contribution is 5.80. The van der Waals surface area contributed by atoms with Crippen molar-refractivity contribution in [3.63, 3.8) is 0 Å². The number of hydrogen-bond acceptors (Lipinski definition) is 8. The van der Waals surface area contributed by atoms with Crippen molar-refractivity contribution in [2.24, 2.45) is 5.92 Å². The van der Waals surface area contributed by atoms with E-state index >= 15 is 0 Å². The van der Waals surface area contributed by atoms with Gasteiger partial charge >= 0.3 is 0 Å². The van der Waals surface area contributed by atoms with Crippen LogP contribution in [-0.2, 0) is 9.59 Å². The van der Waals surface area contributed by atoms with Crippen LogP contribution in [-0.4, -0.2) is 57.2 Å². The normalized spacial score (nSPS) is 14.7. The fourth-order valence-corrected chi connectivity index (χ4v) is 3.02. The Hall–Kier alpha value is -2.49. The third kappa shape index (κ3) is 6.63. The number of hydrogen-bond donors (Lipinski definition) is 3. The number of nitrogens with zero attached hydrogens (tertiary/aromatic N) is 5. The van der Waals surface area contributed by atoms with Crippen LogP contribution in [0.3, 0.4) is 0 Å². The number of hydroxylamine groups is 2. The number of nitrogens with one attached hydrogen (secondary N) is 2. The number of aromatic nitrogens is 3. The van der Waals surface area contributed by atoms with Crippen LogP contribution < -0.4 is 15.8 Å². The summed E-state index contributed by atoms with van der Waals surface area (Å²) < 4.78 is 0. The first-order valence-electron chi connectivity index (χ1n) is 9.47. The molecular weight excluding hydrogens is 350 g/mol. The molecular formula is C17H29N7O3. The van der Waals surface area contributed by atoms with Crippen LogP contribution in [0.4, 0.5) is 11.9 Å². The standard InChI is InChI=1S/C17H29N7O3/c1-3-4-5-8-14(11-24(27)12-25)15(26)21-22-16-18-13(2)19-17(20-16)23-9-6-7-10-23/h12,14,27H,3-11H2,1-2H3,(H,21,26)(H,18,19,20,22)/t14-/m1/s1. The molecule has 10 nitrogen and oxygen atoms in total. The van der Waals surface area contributed by atoms with Crippen molar-refractivity contribution in [1.82, 2.24) is 25.4 Å². The van der Waals surface area contributed by atoms with Gasteiger partial charge in [-0.3, -0.25) is 25.6 Å². The lowest BCUT2D eigenvalue weighted by molar-refractivity contribution is -0.154. The number of rotatable bonds is 11. The van der Waals surface area contributed by atoms with Crippen molar-refractivity contribution in [2.45, 2.75) is 52.4 Å². The fraction of sp³-hybridized carbons (Fsp3) is 0.706. The maximum Gasteiger partial charge on any atom is 0.246 e. The van der Waals surface area contributed by atoms with E-state index in [-0.39, 0.29) is 18.4 Å². The molecule has 150 valence electrons. The molecule has 1 fully saturated rings. The van der Waals surface area contributed by atoms with E-state index in [2.05, 4.69) is 37.6 Å². The molecule has 0 radical (unpaired) electrons. The van der Waals surface area contributed by atoms with Crippen molar-refractivity contribution in [2.75, 3.05) is 30.0 Å². The van der Waals surface area contributed by atoms with Gasteiger partial charge in [-0.2, -0.15) is 15.0 Å². The molecule has 1 aliphatic heterocycles. The minimum Gasteiger partial charge on any atom is -0.341 e. The van der Waals surface area contributed by atoms with Gasteiger partial charge in [0.15, 0.2) is 0 Å². The Morgan fingerprint density at radius 2 is 2.04 bits per heavy atom. The number of unbranched alkanes of at least 4 members (excludes halogenated alkanes) is 2. The van der Waals surface area contributed by atoms with Gasteiger partial charge in [-0.05, 0) is 26.2 Å². The quantitative estimate of drug-likeness (QED) is 0.227. The van der Waals surface area contributed by atoms with Crippen molar-refractivity contribution >= 4 is 24.2 Å². The van der Waals surface area contributed by atoms with Crippen molar-refractivity contribution < 1.29 is 14.8 Å². The van der Waals surface area contributed by atoms with E-state index < -0.39 is 5.92 Å². The van der Waals surface area contributed by atoms with E-state index in [4.69, 9.17) is 0 Å². The molecule has 2 heterocycles. The molecule has 1 aromatic heterocycles. The number of hydrazine groups is 1. The smallest absolute Gasteiger partial charge is 0.246 e. The second kappa shape index (κ2) is 10.6. The molecule has 2 amide bonds. The van der Waals surface area contributed by atoms with Gasteiger partial charge in [0.05, 0.1) is 12.5 Å². The van der Waals surface area contributed by atoms with E-state index in [1.165, 1.54) is 0 Å². The summed E-state index contributed by atoms with van der Waals surface area (Å²) in [6.07, 6.45) is 5.93. The highest BCUT2D eigenvalue weighted by Gasteiger charge is 2.21. The van der Waals surface area contributed by atoms with E-state index in [0.717, 1.165) is 45.2 Å². The molecule has 3 N–H and O–H groups in total. The molecule has 10 heteroatoms. The second-order valence-electron chi connectivity index (χ2n) is 6.73. The molecule has 0 aromatic carbocycles. The van der Waals surface area contributed by atoms with Gasteiger partial charge in [0, 0.05) is 13.1 Å². The molecule has 0 unspecified atom stereocenters. The summed E-state index contributed by atoms with van der Waals surface area (Å²) in [5, 5.41) is 9.93. The summed E-state index contributed by atoms with van der Waals surface area (Å²) in [4.78, 5) is 38.1. The maximum atomic E-state index is 12.5. The topological polar surface area (TPSA) is 124 Å². The predicted octanol–water partition coefficient (Wildman–Crippen LogP) is 1.27. The largest absolute Gasteiger partial charge is 0.341 e. The Kier molecular flexibility index (Phi) is 8.18. The molecule has 1 aromatic rings. The average Bonchev–Trinajstić information content (AvgIpc) is 3.19. The molecule has 27 heavy (non-hydrogen) atoms. The van der Waals surface area contributed by atoms with Crippen LogP contribution in [0.5, 0.6) is 0 Å². The summed E-state index contributed by atoms with van der Waals surface area (Å²) in [6.45, 7) is 5.60. The number of carbonyl (C=O) groups is 2. The molecule has 1 atom stereocenters. The third-order valence-electron chi connectivity index (χ3n) is 4.48. The van der Waals surface area contributed by atoms with E-state index in [9.17, 15) is 14.8 Å². The van der Waals surface area contributed by atoms with Gasteiger partial charge in [-0.25, -0.2) is 5.06 Å². The fourth-order valence-electron chi connectivity index (χ4n) is 3.02. The average molecular weight is 379 g/mol. The van der Waals surface area contributed by atoms with Gasteiger partial charge in [-0.1, -0.05) is 26.2 Å². The van der Waals surface area contributed by atoms with Gasteiger partial charge in [0.1, 0.15) is 5.82 Å². The highest BCUT2D eigenvalue weighted by atomic mass is 16.5. The van der Waals surface area contributed by atoms with Crippen molar-refractivity contribution in [1.29, 1.82) is 0 Å². The van der Waals surface area contributed by atoms with Crippen LogP contribution in [0.1, 0.15) is 51.3 Å². The minimum atomic E-state index is -0.528. The summed E-state index contributed by atoms with van der Waals surface area (Å²) in [5.74, 6) is 0.568. The van der Waals surface area contributed by atoms with E-state index in [1.807, 2.05) is 0 Å². The Bertz CT molecular complexity index is 623. The molecule has 1 aliphatic rings. The number of aryl methyl sites for hydroxylation is 1. The lowest BCUT2D eigenvalue weighted by atomic mass is 10.0. The molecule has 0 bridgehead atoms. The van der Waals surface area contributed by atoms with Gasteiger partial charge < -0.3 is 4.90 Å². The first-order valence-corrected chi connectivity index (χ1v) is 9.47. The lowest BCUT2D eigenvalue weighted by Gasteiger charge is -2.20. The number of carbonyl (C=O) groups excluding carboxylic acids is 2. The lowest BCUT2D eigenvalue weighted by Crippen LogP contribution is -2.40. The van der Waals surface area contributed by atoms with Gasteiger partial charge in [0.2, 0.25) is 24.2 Å². The Morgan fingerprint density at radius 1 is 1.30 bits per heavy atom. The Balaban J connectivity index is 1.97. The zero-order valence-corrected chi connectivity index (χ0v) is 16.0. The number of amides is 2. The third-order valence-corrected chi connectivity index (χ3v) is 4.48. The summed E-state index contributed by atoms with van der Waals surface area (Å²) in [7, 11) is 0. The van der Waals surface area contributed by atoms with Crippen LogP contribution in [0, 0.1) is 12.8 Å². The summed E-state index contributed by atoms with van der Waals surface area (Å²) in [5.41, 5.74) is 5.32. The molecule has 0 spiro atoms. The zero-order chi connectivity index (χ0) is 19.6. The Labute approximate surface area is 159 Å². The predicted molar refractivity (Wildman–Crippen MR) is 100.0 cm³/mol. The van der Waals surface area contributed by atoms with Crippen LogP contribution in [0.2, 0.25) is 0 Å². The van der Waals surface area contributed by atoms with Crippen molar-refractivity contribution in [3.05, 3.63) is 5.82 Å². The van der Waals surface area contributed by atoms with Crippen LogP contribution >= 0.6 is 0 Å². The minimum absolute atomic E-state index is 0.0595. The van der Waals surface area contributed by atoms with Gasteiger partial charge in [-0.15, -0.1) is 0 Å². The molecule has 1 saturated heterocycles. The second-order valence-corrected chi connectivity index (χ2v) is 6.73. The molecule has 2 rings (SSSR count). The SMILES string of the molecule is CCCCC[C@H](CN(O)C=O)C(=O)NNc1nc(C)nc(N2CCCC2)n1.